The maximum Gasteiger partial charge on any atom is 0.150 e. The Kier molecular flexibility index (Phi) is 10.2. The Bertz CT molecular complexity index is 695. The van der Waals surface area contributed by atoms with Crippen LogP contribution in [0.25, 0.3) is 0 Å². The summed E-state index contributed by atoms with van der Waals surface area (Å²) in [6, 6.07) is 2.41. The summed E-state index contributed by atoms with van der Waals surface area (Å²) in [6.07, 6.45) is 15.4. The smallest absolute Gasteiger partial charge is 0.150 e. The average Bonchev–Trinajstić information content (AvgIpc) is 3.01. The minimum Gasteiger partial charge on any atom is -0.385 e. The summed E-state index contributed by atoms with van der Waals surface area (Å²) in [5, 5.41) is 2.85. The number of ether oxygens (including phenoxy) is 2. The number of terminal acetylenes is 1. The molecule has 0 amide bonds. The molecule has 0 saturated heterocycles. The fourth-order valence-corrected chi connectivity index (χ4v) is 2.07. The van der Waals surface area contributed by atoms with Gasteiger partial charge in [-0.1, -0.05) is 42.9 Å². The number of anilines is 1. The molecule has 0 aliphatic carbocycles. The van der Waals surface area contributed by atoms with Gasteiger partial charge < -0.3 is 19.8 Å². The molecule has 0 spiro atoms. The molecule has 0 fully saturated rings. The quantitative estimate of drug-likeness (QED) is 0.150. The zero-order valence-corrected chi connectivity index (χ0v) is 15.4. The summed E-state index contributed by atoms with van der Waals surface area (Å²) in [5.41, 5.74) is 7.65. The van der Waals surface area contributed by atoms with Crippen LogP contribution < -0.4 is 11.1 Å². The highest BCUT2D eigenvalue weighted by Crippen LogP contribution is 2.16. The summed E-state index contributed by atoms with van der Waals surface area (Å²) in [7, 11) is 1.65. The first-order valence-electron chi connectivity index (χ1n) is 8.22. The monoisotopic (exact) mass is 357 g/mol. The summed E-state index contributed by atoms with van der Waals surface area (Å²) >= 11 is 0. The number of aliphatic imine (C=N–C) groups is 1. The van der Waals surface area contributed by atoms with Crippen LogP contribution in [0.4, 0.5) is 5.82 Å². The molecule has 3 N–H and O–H groups in total. The SMILES string of the molecule is C#CNc1c(/C(N)=N\COCCCOC)ncn1C/C(C)=C/C=C\C=C. The molecular formula is C19H27N5O2. The van der Waals surface area contributed by atoms with Gasteiger partial charge in [0, 0.05) is 26.3 Å². The van der Waals surface area contributed by atoms with E-state index in [4.69, 9.17) is 21.6 Å². The Labute approximate surface area is 155 Å². The molecule has 0 atom stereocenters. The molecule has 0 aliphatic heterocycles. The zero-order chi connectivity index (χ0) is 19.2. The van der Waals surface area contributed by atoms with Crippen LogP contribution in [0, 0.1) is 12.5 Å². The Morgan fingerprint density at radius 3 is 3.00 bits per heavy atom. The van der Waals surface area contributed by atoms with Gasteiger partial charge in [0.1, 0.15) is 18.2 Å². The molecule has 0 saturated carbocycles. The standard InChI is InChI=1S/C19H27N5O2/c1-5-7-8-10-16(3)13-24-14-22-17(19(24)21-6-2)18(20)23-15-26-12-9-11-25-4/h2,5,7-8,10,14,21H,1,9,11-13,15H2,3-4H3,(H2,20,23)/b8-7-,16-10+. The molecule has 1 heterocycles. The van der Waals surface area contributed by atoms with Crippen LogP contribution in [0.5, 0.6) is 0 Å². The third-order valence-corrected chi connectivity index (χ3v) is 3.28. The van der Waals surface area contributed by atoms with Crippen molar-refractivity contribution in [3.63, 3.8) is 0 Å². The molecule has 26 heavy (non-hydrogen) atoms. The van der Waals surface area contributed by atoms with Gasteiger partial charge in [0.05, 0.1) is 12.9 Å². The first-order valence-corrected chi connectivity index (χ1v) is 8.22. The van der Waals surface area contributed by atoms with Crippen LogP contribution in [-0.4, -0.2) is 42.4 Å². The lowest BCUT2D eigenvalue weighted by Crippen LogP contribution is -2.18. The molecule has 0 aromatic carbocycles. The molecule has 7 heteroatoms. The van der Waals surface area contributed by atoms with Gasteiger partial charge in [-0.3, -0.25) is 5.32 Å². The topological polar surface area (TPSA) is 86.7 Å². The number of hydrogen-bond donors (Lipinski definition) is 2. The maximum absolute atomic E-state index is 6.03. The number of rotatable bonds is 12. The first kappa shape index (κ1) is 21.2. The highest BCUT2D eigenvalue weighted by Gasteiger charge is 2.13. The molecule has 7 nitrogen and oxygen atoms in total. The van der Waals surface area contributed by atoms with Crippen molar-refractivity contribution in [2.75, 3.05) is 32.4 Å². The minimum absolute atomic E-state index is 0.156. The van der Waals surface area contributed by atoms with E-state index in [0.717, 1.165) is 12.0 Å². The van der Waals surface area contributed by atoms with E-state index in [-0.39, 0.29) is 12.6 Å². The maximum atomic E-state index is 6.03. The van der Waals surface area contributed by atoms with Gasteiger partial charge in [-0.2, -0.15) is 0 Å². The van der Waals surface area contributed by atoms with E-state index < -0.39 is 0 Å². The summed E-state index contributed by atoms with van der Waals surface area (Å²) in [4.78, 5) is 8.52. The summed E-state index contributed by atoms with van der Waals surface area (Å²) in [5.74, 6) is 0.884. The second-order valence-electron chi connectivity index (χ2n) is 5.40. The van der Waals surface area contributed by atoms with Crippen LogP contribution in [0.2, 0.25) is 0 Å². The fourth-order valence-electron chi connectivity index (χ4n) is 2.07. The number of nitrogens with zero attached hydrogens (tertiary/aromatic N) is 3. The third-order valence-electron chi connectivity index (χ3n) is 3.28. The van der Waals surface area contributed by atoms with Crippen LogP contribution in [-0.2, 0) is 16.0 Å². The third kappa shape index (κ3) is 7.38. The molecule has 1 aromatic rings. The Hall–Kier alpha value is -2.82. The van der Waals surface area contributed by atoms with E-state index >= 15 is 0 Å². The lowest BCUT2D eigenvalue weighted by atomic mass is 10.2. The zero-order valence-electron chi connectivity index (χ0n) is 15.4. The Balaban J connectivity index is 2.81. The Morgan fingerprint density at radius 1 is 1.50 bits per heavy atom. The van der Waals surface area contributed by atoms with Crippen molar-refractivity contribution in [1.82, 2.24) is 9.55 Å². The van der Waals surface area contributed by atoms with Gasteiger partial charge in [-0.05, 0) is 13.3 Å². The van der Waals surface area contributed by atoms with Gasteiger partial charge in [0.25, 0.3) is 0 Å². The number of methoxy groups -OCH3 is 1. The van der Waals surface area contributed by atoms with E-state index in [1.807, 2.05) is 29.7 Å². The molecule has 0 radical (unpaired) electrons. The van der Waals surface area contributed by atoms with Gasteiger partial charge in [0.2, 0.25) is 0 Å². The number of nitrogens with two attached hydrogens (primary N) is 1. The van der Waals surface area contributed by atoms with Crippen LogP contribution in [0.15, 0.2) is 47.8 Å². The van der Waals surface area contributed by atoms with Gasteiger partial charge in [0.15, 0.2) is 5.84 Å². The number of aromatic nitrogens is 2. The second kappa shape index (κ2) is 12.5. The second-order valence-corrected chi connectivity index (χ2v) is 5.40. The van der Waals surface area contributed by atoms with Crippen molar-refractivity contribution in [3.05, 3.63) is 48.5 Å². The van der Waals surface area contributed by atoms with E-state index in [0.29, 0.717) is 31.3 Å². The van der Waals surface area contributed by atoms with E-state index in [1.165, 1.54) is 0 Å². The lowest BCUT2D eigenvalue weighted by Gasteiger charge is -2.09. The fraction of sp³-hybridized carbons (Fsp3) is 0.368. The lowest BCUT2D eigenvalue weighted by molar-refractivity contribution is 0.108. The minimum atomic E-state index is 0.156. The molecule has 0 bridgehead atoms. The highest BCUT2D eigenvalue weighted by atomic mass is 16.5. The van der Waals surface area contributed by atoms with E-state index in [2.05, 4.69) is 27.9 Å². The first-order chi connectivity index (χ1) is 12.6. The summed E-state index contributed by atoms with van der Waals surface area (Å²) < 4.78 is 12.2. The van der Waals surface area contributed by atoms with Crippen molar-refractivity contribution >= 4 is 11.7 Å². The molecule has 1 aromatic heterocycles. The van der Waals surface area contributed by atoms with Crippen LogP contribution >= 0.6 is 0 Å². The predicted octanol–water partition coefficient (Wildman–Crippen LogP) is 2.29. The number of imidazole rings is 1. The highest BCUT2D eigenvalue weighted by molar-refractivity contribution is 6.00. The van der Waals surface area contributed by atoms with Crippen molar-refractivity contribution < 1.29 is 9.47 Å². The van der Waals surface area contributed by atoms with Gasteiger partial charge >= 0.3 is 0 Å². The van der Waals surface area contributed by atoms with Crippen LogP contribution in [0.3, 0.4) is 0 Å². The molecular weight excluding hydrogens is 330 g/mol. The molecule has 0 unspecified atom stereocenters. The van der Waals surface area contributed by atoms with E-state index in [9.17, 15) is 0 Å². The molecule has 0 aliphatic rings. The van der Waals surface area contributed by atoms with Crippen molar-refractivity contribution in [2.45, 2.75) is 19.9 Å². The normalized spacial score (nSPS) is 12.3. The molecule has 140 valence electrons. The van der Waals surface area contributed by atoms with Crippen molar-refractivity contribution in [3.8, 4) is 12.5 Å². The number of hydrogen-bond acceptors (Lipinski definition) is 5. The number of nitrogens with one attached hydrogen (secondary N) is 1. The number of allylic oxidation sites excluding steroid dienone is 5. The van der Waals surface area contributed by atoms with E-state index in [1.54, 1.807) is 19.5 Å². The Morgan fingerprint density at radius 2 is 2.31 bits per heavy atom. The van der Waals surface area contributed by atoms with Gasteiger partial charge in [-0.15, -0.1) is 0 Å². The largest absolute Gasteiger partial charge is 0.385 e. The average molecular weight is 357 g/mol. The molecule has 1 rings (SSSR count). The predicted molar refractivity (Wildman–Crippen MR) is 106 cm³/mol. The summed E-state index contributed by atoms with van der Waals surface area (Å²) in [6.45, 7) is 7.62. The van der Waals surface area contributed by atoms with Gasteiger partial charge in [-0.25, -0.2) is 9.98 Å². The van der Waals surface area contributed by atoms with Crippen molar-refractivity contribution in [1.29, 1.82) is 0 Å². The van der Waals surface area contributed by atoms with Crippen molar-refractivity contribution in [2.24, 2.45) is 10.7 Å². The van der Waals surface area contributed by atoms with Crippen LogP contribution in [0.1, 0.15) is 19.0 Å². The number of amidine groups is 1.